The molecular weight excluding hydrogens is 92.1 g/mol. The summed E-state index contributed by atoms with van der Waals surface area (Å²) in [4.78, 5) is 0. The highest BCUT2D eigenvalue weighted by Crippen LogP contribution is 1.83. The molecule has 0 aliphatic carbocycles. The van der Waals surface area contributed by atoms with E-state index in [2.05, 4.69) is 18.5 Å². The monoisotopic (exact) mass is 103 g/mol. The van der Waals surface area contributed by atoms with Gasteiger partial charge in [-0.15, -0.1) is 0 Å². The molecule has 0 N–H and O–H groups in total. The third kappa shape index (κ3) is 4.18. The summed E-state index contributed by atoms with van der Waals surface area (Å²) in [5.74, 6) is 0. The third-order valence-electron chi connectivity index (χ3n) is 0.642. The van der Waals surface area contributed by atoms with E-state index in [1.54, 1.807) is 0 Å². The Morgan fingerprint density at radius 3 is 2.67 bits per heavy atom. The highest BCUT2D eigenvalue weighted by atomic mass is 28.2. The molecule has 0 aromatic carbocycles. The summed E-state index contributed by atoms with van der Waals surface area (Å²) in [5, 5.41) is 0. The van der Waals surface area contributed by atoms with Crippen LogP contribution in [0.4, 0.5) is 0 Å². The maximum atomic E-state index is 4.67. The largest absolute Gasteiger partial charge is 0.422 e. The van der Waals surface area contributed by atoms with Gasteiger partial charge in [0.2, 0.25) is 0 Å². The Labute approximate surface area is 41.6 Å². The Morgan fingerprint density at radius 2 is 2.50 bits per heavy atom. The molecule has 0 bridgehead atoms. The highest BCUT2D eigenvalue weighted by Gasteiger charge is 1.77. The molecule has 0 saturated carbocycles. The summed E-state index contributed by atoms with van der Waals surface area (Å²) in [7, 11) is 3.10. The molecular formula is C4H11OSi. The Balaban J connectivity index is 2.34. The van der Waals surface area contributed by atoms with Gasteiger partial charge in [0.25, 0.3) is 0 Å². The van der Waals surface area contributed by atoms with Crippen molar-refractivity contribution in [1.82, 2.24) is 0 Å². The minimum absolute atomic E-state index is 0.189. The molecule has 0 unspecified atom stereocenters. The smallest absolute Gasteiger partial charge is 0.161 e. The van der Waals surface area contributed by atoms with Gasteiger partial charge in [-0.05, 0) is 6.04 Å². The molecule has 0 atom stereocenters. The van der Waals surface area contributed by atoms with Gasteiger partial charge in [-0.1, -0.05) is 13.3 Å². The van der Waals surface area contributed by atoms with E-state index in [0.29, 0.717) is 0 Å². The van der Waals surface area contributed by atoms with E-state index in [1.165, 1.54) is 12.5 Å². The molecule has 2 heteroatoms. The molecule has 0 aromatic heterocycles. The van der Waals surface area contributed by atoms with E-state index in [-0.39, 0.29) is 9.76 Å². The van der Waals surface area contributed by atoms with Crippen LogP contribution in [0.5, 0.6) is 0 Å². The van der Waals surface area contributed by atoms with Crippen LogP contribution < -0.4 is 0 Å². The SMILES string of the molecule is [CH2]O[SiH2]CCC. The van der Waals surface area contributed by atoms with E-state index >= 15 is 0 Å². The number of rotatable bonds is 3. The van der Waals surface area contributed by atoms with Crippen molar-refractivity contribution in [3.8, 4) is 0 Å². The Hall–Kier alpha value is 0.177. The van der Waals surface area contributed by atoms with Crippen LogP contribution in [0.2, 0.25) is 6.04 Å². The summed E-state index contributed by atoms with van der Waals surface area (Å²) < 4.78 is 4.67. The lowest BCUT2D eigenvalue weighted by Gasteiger charge is -1.87. The van der Waals surface area contributed by atoms with Gasteiger partial charge in [0.15, 0.2) is 9.76 Å². The molecule has 0 rings (SSSR count). The zero-order valence-electron chi connectivity index (χ0n) is 4.24. The predicted octanol–water partition coefficient (Wildman–Crippen LogP) is 0.707. The van der Waals surface area contributed by atoms with E-state index in [9.17, 15) is 0 Å². The second-order valence-corrected chi connectivity index (χ2v) is 2.79. The van der Waals surface area contributed by atoms with Gasteiger partial charge in [0.05, 0.1) is 7.11 Å². The Bertz CT molecular complexity index is 19.5. The molecule has 0 spiro atoms. The number of hydrogen-bond donors (Lipinski definition) is 0. The fourth-order valence-corrected chi connectivity index (χ4v) is 0.739. The van der Waals surface area contributed by atoms with Gasteiger partial charge in [-0.2, -0.15) is 0 Å². The summed E-state index contributed by atoms with van der Waals surface area (Å²) in [6.45, 7) is 2.16. The quantitative estimate of drug-likeness (QED) is 0.377. The minimum atomic E-state index is -0.189. The standard InChI is InChI=1S/C4H11OSi/c1-3-4-6-5-2/h2-4,6H2,1H3. The lowest BCUT2D eigenvalue weighted by atomic mass is 10.6. The molecule has 1 radical (unpaired) electrons. The molecule has 37 valence electrons. The first kappa shape index (κ1) is 6.18. The highest BCUT2D eigenvalue weighted by molar-refractivity contribution is 6.27. The van der Waals surface area contributed by atoms with Gasteiger partial charge >= 0.3 is 0 Å². The molecule has 0 amide bonds. The zero-order chi connectivity index (χ0) is 4.83. The molecule has 0 aliphatic heterocycles. The topological polar surface area (TPSA) is 9.23 Å². The van der Waals surface area contributed by atoms with E-state index in [1.807, 2.05) is 0 Å². The van der Waals surface area contributed by atoms with Gasteiger partial charge in [0.1, 0.15) is 0 Å². The fourth-order valence-electron chi connectivity index (χ4n) is 0.246. The van der Waals surface area contributed by atoms with Crippen molar-refractivity contribution in [1.29, 1.82) is 0 Å². The molecule has 0 heterocycles. The van der Waals surface area contributed by atoms with Crippen LogP contribution in [-0.2, 0) is 4.43 Å². The first-order chi connectivity index (χ1) is 2.91. The van der Waals surface area contributed by atoms with Crippen molar-refractivity contribution in [2.75, 3.05) is 0 Å². The third-order valence-corrected chi connectivity index (χ3v) is 1.93. The normalized spacial score (nSPS) is 11.0. The second-order valence-electron chi connectivity index (χ2n) is 1.26. The zero-order valence-corrected chi connectivity index (χ0v) is 5.65. The summed E-state index contributed by atoms with van der Waals surface area (Å²) in [5.41, 5.74) is 0. The van der Waals surface area contributed by atoms with Gasteiger partial charge in [-0.3, -0.25) is 0 Å². The maximum absolute atomic E-state index is 4.67. The van der Waals surface area contributed by atoms with Crippen LogP contribution in [0.3, 0.4) is 0 Å². The lowest BCUT2D eigenvalue weighted by Crippen LogP contribution is -1.86. The molecule has 0 aliphatic rings. The minimum Gasteiger partial charge on any atom is -0.422 e. The summed E-state index contributed by atoms with van der Waals surface area (Å²) in [6, 6.07) is 1.27. The first-order valence-corrected chi connectivity index (χ1v) is 3.86. The van der Waals surface area contributed by atoms with Crippen LogP contribution in [0, 0.1) is 7.11 Å². The predicted molar refractivity (Wildman–Crippen MR) is 30.1 cm³/mol. The van der Waals surface area contributed by atoms with E-state index < -0.39 is 0 Å². The van der Waals surface area contributed by atoms with Crippen molar-refractivity contribution in [2.45, 2.75) is 19.4 Å². The Kier molecular flexibility index (Phi) is 5.33. The average molecular weight is 103 g/mol. The molecule has 0 saturated heterocycles. The van der Waals surface area contributed by atoms with Gasteiger partial charge in [-0.25, -0.2) is 0 Å². The average Bonchev–Trinajstić information content (AvgIpc) is 1.61. The molecule has 6 heavy (non-hydrogen) atoms. The number of hydrogen-bond acceptors (Lipinski definition) is 1. The van der Waals surface area contributed by atoms with Crippen LogP contribution in [0.1, 0.15) is 13.3 Å². The first-order valence-electron chi connectivity index (χ1n) is 2.28. The van der Waals surface area contributed by atoms with Crippen LogP contribution in [0.25, 0.3) is 0 Å². The molecule has 1 nitrogen and oxygen atoms in total. The second kappa shape index (κ2) is 5.18. The van der Waals surface area contributed by atoms with E-state index in [4.69, 9.17) is 0 Å². The van der Waals surface area contributed by atoms with Gasteiger partial charge < -0.3 is 4.43 Å². The van der Waals surface area contributed by atoms with Crippen LogP contribution in [-0.4, -0.2) is 9.76 Å². The van der Waals surface area contributed by atoms with Crippen LogP contribution >= 0.6 is 0 Å². The van der Waals surface area contributed by atoms with Crippen molar-refractivity contribution < 1.29 is 4.43 Å². The fraction of sp³-hybridized carbons (Fsp3) is 0.750. The van der Waals surface area contributed by atoms with Crippen molar-refractivity contribution in [3.05, 3.63) is 7.11 Å². The van der Waals surface area contributed by atoms with Crippen molar-refractivity contribution >= 4 is 9.76 Å². The summed E-state index contributed by atoms with van der Waals surface area (Å²) >= 11 is 0. The lowest BCUT2D eigenvalue weighted by molar-refractivity contribution is 0.503. The van der Waals surface area contributed by atoms with E-state index in [0.717, 1.165) is 0 Å². The van der Waals surface area contributed by atoms with Crippen molar-refractivity contribution in [2.24, 2.45) is 0 Å². The maximum Gasteiger partial charge on any atom is 0.161 e. The van der Waals surface area contributed by atoms with Crippen molar-refractivity contribution in [3.63, 3.8) is 0 Å². The Morgan fingerprint density at radius 1 is 1.83 bits per heavy atom. The summed E-state index contributed by atoms with van der Waals surface area (Å²) in [6.07, 6.45) is 1.25. The van der Waals surface area contributed by atoms with Crippen LogP contribution in [0.15, 0.2) is 0 Å². The molecule has 0 aromatic rings. The molecule has 0 fully saturated rings. The van der Waals surface area contributed by atoms with Gasteiger partial charge in [0, 0.05) is 0 Å².